The Morgan fingerprint density at radius 1 is 1.00 bits per heavy atom. The molecule has 0 spiro atoms. The topological polar surface area (TPSA) is 168 Å². The molecule has 0 saturated carbocycles. The van der Waals surface area contributed by atoms with E-state index in [1.807, 2.05) is 13.8 Å². The van der Waals surface area contributed by atoms with E-state index in [2.05, 4.69) is 25.2 Å². The van der Waals surface area contributed by atoms with E-state index in [-0.39, 0.29) is 23.6 Å². The third kappa shape index (κ3) is 5.89. The lowest BCUT2D eigenvalue weighted by atomic mass is 10.2. The standard InChI is InChI=1S/C32H34N10O4/c1-18-16-41(17-19(2)46-18)27-15-34-13-25(38-27)26-14-36-30(33)29(39-26)24-10-9-21(12-35-24)37-31(43)28-20(3)40(4)42(32(28)44)22-7-6-8-23(11-22)45-5/h6-15,18-19H,16-17H2,1-5H3,(H2,33,36)(H,37,43)/t18-,19+. The fraction of sp³-hybridized carbons (Fsp3) is 0.281. The van der Waals surface area contributed by atoms with Crippen LogP contribution < -0.4 is 26.2 Å². The maximum Gasteiger partial charge on any atom is 0.284 e. The van der Waals surface area contributed by atoms with Gasteiger partial charge in [0.25, 0.3) is 11.5 Å². The zero-order valence-electron chi connectivity index (χ0n) is 26.1. The average molecular weight is 623 g/mol. The van der Waals surface area contributed by atoms with Crippen molar-refractivity contribution >= 4 is 23.2 Å². The molecule has 2 atom stereocenters. The molecule has 1 amide bonds. The lowest BCUT2D eigenvalue weighted by Gasteiger charge is -2.35. The molecule has 5 heterocycles. The maximum absolute atomic E-state index is 13.4. The van der Waals surface area contributed by atoms with Gasteiger partial charge in [0.05, 0.1) is 66.9 Å². The fourth-order valence-corrected chi connectivity index (χ4v) is 5.51. The first-order chi connectivity index (χ1) is 22.1. The number of nitrogen functional groups attached to an aromatic ring is 1. The second kappa shape index (κ2) is 12.4. The average Bonchev–Trinajstić information content (AvgIpc) is 3.28. The smallest absolute Gasteiger partial charge is 0.284 e. The number of aromatic nitrogens is 7. The first-order valence-corrected chi connectivity index (χ1v) is 14.7. The largest absolute Gasteiger partial charge is 0.497 e. The van der Waals surface area contributed by atoms with E-state index in [0.29, 0.717) is 58.7 Å². The van der Waals surface area contributed by atoms with Gasteiger partial charge in [0.15, 0.2) is 5.82 Å². The predicted molar refractivity (Wildman–Crippen MR) is 173 cm³/mol. The summed E-state index contributed by atoms with van der Waals surface area (Å²) in [5.41, 5.74) is 9.05. The molecule has 14 nitrogen and oxygen atoms in total. The Balaban J connectivity index is 1.23. The van der Waals surface area contributed by atoms with Crippen molar-refractivity contribution in [2.75, 3.05) is 36.1 Å². The summed E-state index contributed by atoms with van der Waals surface area (Å²) < 4.78 is 14.2. The van der Waals surface area contributed by atoms with Crippen molar-refractivity contribution in [1.29, 1.82) is 0 Å². The molecule has 6 rings (SSSR count). The van der Waals surface area contributed by atoms with Crippen molar-refractivity contribution < 1.29 is 14.3 Å². The Morgan fingerprint density at radius 2 is 1.76 bits per heavy atom. The van der Waals surface area contributed by atoms with Crippen molar-refractivity contribution in [3.8, 4) is 34.2 Å². The van der Waals surface area contributed by atoms with Crippen LogP contribution in [0.2, 0.25) is 0 Å². The lowest BCUT2D eigenvalue weighted by Crippen LogP contribution is -2.45. The van der Waals surface area contributed by atoms with Gasteiger partial charge in [-0.2, -0.15) is 0 Å². The maximum atomic E-state index is 13.4. The third-order valence-electron chi connectivity index (χ3n) is 7.77. The number of pyridine rings is 1. The monoisotopic (exact) mass is 622 g/mol. The van der Waals surface area contributed by atoms with Gasteiger partial charge >= 0.3 is 0 Å². The van der Waals surface area contributed by atoms with Crippen LogP contribution in [0.3, 0.4) is 0 Å². The Morgan fingerprint density at radius 3 is 2.48 bits per heavy atom. The highest BCUT2D eigenvalue weighted by Crippen LogP contribution is 2.26. The van der Waals surface area contributed by atoms with E-state index in [1.165, 1.54) is 10.9 Å². The molecule has 1 saturated heterocycles. The number of nitrogens with zero attached hydrogens (tertiary/aromatic N) is 8. The Bertz CT molecular complexity index is 1960. The summed E-state index contributed by atoms with van der Waals surface area (Å²) in [6.45, 7) is 7.19. The Hall–Kier alpha value is -5.63. The molecule has 1 fully saturated rings. The Kier molecular flexibility index (Phi) is 8.19. The van der Waals surface area contributed by atoms with Crippen LogP contribution in [0, 0.1) is 6.92 Å². The first-order valence-electron chi connectivity index (χ1n) is 14.7. The predicted octanol–water partition coefficient (Wildman–Crippen LogP) is 3.25. The number of nitrogens with one attached hydrogen (secondary N) is 1. The number of nitrogens with two attached hydrogens (primary N) is 1. The summed E-state index contributed by atoms with van der Waals surface area (Å²) in [5, 5.41) is 2.78. The highest BCUT2D eigenvalue weighted by molar-refractivity contribution is 6.05. The quantitative estimate of drug-likeness (QED) is 0.273. The van der Waals surface area contributed by atoms with Crippen molar-refractivity contribution in [2.45, 2.75) is 33.0 Å². The molecule has 0 unspecified atom stereocenters. The van der Waals surface area contributed by atoms with Crippen LogP contribution in [0.1, 0.15) is 29.9 Å². The first kappa shape index (κ1) is 30.4. The summed E-state index contributed by atoms with van der Waals surface area (Å²) >= 11 is 0. The second-order valence-electron chi connectivity index (χ2n) is 11.1. The zero-order valence-corrected chi connectivity index (χ0v) is 26.1. The van der Waals surface area contributed by atoms with Crippen molar-refractivity contribution in [1.82, 2.24) is 34.3 Å². The van der Waals surface area contributed by atoms with Crippen LogP contribution >= 0.6 is 0 Å². The Labute approximate surface area is 264 Å². The van der Waals surface area contributed by atoms with Crippen LogP contribution in [-0.2, 0) is 11.8 Å². The number of morpholine rings is 1. The van der Waals surface area contributed by atoms with Gasteiger partial charge in [-0.15, -0.1) is 0 Å². The molecule has 4 aromatic heterocycles. The van der Waals surface area contributed by atoms with Crippen LogP contribution in [0.15, 0.2) is 66.0 Å². The molecular weight excluding hydrogens is 588 g/mol. The molecule has 5 aromatic rings. The van der Waals surface area contributed by atoms with Gasteiger partial charge in [-0.1, -0.05) is 6.07 Å². The van der Waals surface area contributed by atoms with Crippen molar-refractivity contribution in [3.63, 3.8) is 0 Å². The SMILES string of the molecule is COc1cccc(-n2c(=O)c(C(=O)Nc3ccc(-c4nc(-c5cncc(N6C[C@@H](C)O[C@@H](C)C6)n5)cnc4N)nc3)c(C)n2C)c1. The molecule has 14 heteroatoms. The summed E-state index contributed by atoms with van der Waals surface area (Å²) in [5.74, 6) is 0.945. The highest BCUT2D eigenvalue weighted by Gasteiger charge is 2.25. The summed E-state index contributed by atoms with van der Waals surface area (Å²) in [6.07, 6.45) is 6.52. The third-order valence-corrected chi connectivity index (χ3v) is 7.77. The van der Waals surface area contributed by atoms with E-state index >= 15 is 0 Å². The number of methoxy groups -OCH3 is 1. The van der Waals surface area contributed by atoms with Crippen LogP contribution in [-0.4, -0.2) is 72.6 Å². The minimum absolute atomic E-state index is 0.0153. The zero-order chi connectivity index (χ0) is 32.5. The second-order valence-corrected chi connectivity index (χ2v) is 11.1. The number of anilines is 3. The molecule has 3 N–H and O–H groups in total. The normalized spacial score (nSPS) is 16.3. The number of benzene rings is 1. The minimum atomic E-state index is -0.557. The highest BCUT2D eigenvalue weighted by atomic mass is 16.5. The molecule has 46 heavy (non-hydrogen) atoms. The number of ether oxygens (including phenoxy) is 2. The number of carbonyl (C=O) groups is 1. The van der Waals surface area contributed by atoms with E-state index < -0.39 is 11.5 Å². The number of amides is 1. The molecule has 0 aliphatic carbocycles. The molecular formula is C32H34N10O4. The number of hydrogen-bond acceptors (Lipinski definition) is 11. The van der Waals surface area contributed by atoms with E-state index in [1.54, 1.807) is 80.8 Å². The molecule has 0 radical (unpaired) electrons. The van der Waals surface area contributed by atoms with Gasteiger partial charge in [0.2, 0.25) is 0 Å². The molecule has 1 aliphatic rings. The van der Waals surface area contributed by atoms with Crippen molar-refractivity contribution in [3.05, 3.63) is 82.8 Å². The van der Waals surface area contributed by atoms with Gasteiger partial charge in [-0.05, 0) is 45.0 Å². The molecule has 0 bridgehead atoms. The fourth-order valence-electron chi connectivity index (χ4n) is 5.51. The van der Waals surface area contributed by atoms with E-state index in [0.717, 1.165) is 5.82 Å². The van der Waals surface area contributed by atoms with E-state index in [9.17, 15) is 9.59 Å². The lowest BCUT2D eigenvalue weighted by molar-refractivity contribution is -0.00547. The van der Waals surface area contributed by atoms with Crippen LogP contribution in [0.25, 0.3) is 28.5 Å². The van der Waals surface area contributed by atoms with Crippen molar-refractivity contribution in [2.24, 2.45) is 7.05 Å². The molecule has 1 aromatic carbocycles. The molecule has 1 aliphatic heterocycles. The van der Waals surface area contributed by atoms with Gasteiger partial charge < -0.3 is 25.4 Å². The van der Waals surface area contributed by atoms with Crippen LogP contribution in [0.5, 0.6) is 5.75 Å². The summed E-state index contributed by atoms with van der Waals surface area (Å²) in [6, 6.07) is 10.4. The number of carbonyl (C=O) groups excluding carboxylic acids is 1. The van der Waals surface area contributed by atoms with Gasteiger partial charge in [0.1, 0.15) is 34.2 Å². The number of rotatable bonds is 7. The van der Waals surface area contributed by atoms with Gasteiger partial charge in [0, 0.05) is 26.2 Å². The number of hydrogen-bond donors (Lipinski definition) is 2. The van der Waals surface area contributed by atoms with Crippen LogP contribution in [0.4, 0.5) is 17.3 Å². The van der Waals surface area contributed by atoms with Gasteiger partial charge in [-0.25, -0.2) is 19.6 Å². The summed E-state index contributed by atoms with van der Waals surface area (Å²) in [4.78, 5) is 51.5. The molecule has 236 valence electrons. The van der Waals surface area contributed by atoms with E-state index in [4.69, 9.17) is 25.2 Å². The van der Waals surface area contributed by atoms with Gasteiger partial charge in [-0.3, -0.25) is 24.2 Å². The summed E-state index contributed by atoms with van der Waals surface area (Å²) in [7, 11) is 3.27. The minimum Gasteiger partial charge on any atom is -0.497 e.